The van der Waals surface area contributed by atoms with Crippen LogP contribution in [0, 0.1) is 13.8 Å². The van der Waals surface area contributed by atoms with E-state index in [4.69, 9.17) is 17.0 Å². The van der Waals surface area contributed by atoms with Crippen molar-refractivity contribution in [3.8, 4) is 5.75 Å². The average molecular weight is 503 g/mol. The molecule has 1 aliphatic heterocycles. The standard InChI is InChI=1S/C28H30N4O3S/c1-19-4-5-22(18-20(19)2)26(33)30-28(36)29-23-8-10-24(11-9-23)31-14-16-32(17-15-31)27(34)21-6-12-25(35-3)13-7-21/h4-13,18H,14-17H2,1-3H3,(H2,29,30,33,36). The van der Waals surface area contributed by atoms with E-state index >= 15 is 0 Å². The lowest BCUT2D eigenvalue weighted by atomic mass is 10.1. The number of ether oxygens (including phenoxy) is 1. The summed E-state index contributed by atoms with van der Waals surface area (Å²) in [4.78, 5) is 29.4. The van der Waals surface area contributed by atoms with Crippen LogP contribution in [0.5, 0.6) is 5.75 Å². The lowest BCUT2D eigenvalue weighted by Gasteiger charge is -2.36. The van der Waals surface area contributed by atoms with E-state index in [0.717, 1.165) is 41.3 Å². The molecule has 1 fully saturated rings. The van der Waals surface area contributed by atoms with Crippen molar-refractivity contribution < 1.29 is 14.3 Å². The third-order valence-electron chi connectivity index (χ3n) is 6.39. The Morgan fingerprint density at radius 3 is 2.08 bits per heavy atom. The van der Waals surface area contributed by atoms with Crippen LogP contribution in [0.15, 0.2) is 66.7 Å². The third-order valence-corrected chi connectivity index (χ3v) is 6.59. The van der Waals surface area contributed by atoms with Crippen LogP contribution in [0.25, 0.3) is 0 Å². The smallest absolute Gasteiger partial charge is 0.257 e. The fourth-order valence-corrected chi connectivity index (χ4v) is 4.27. The number of piperazine rings is 1. The molecule has 4 rings (SSSR count). The Bertz CT molecular complexity index is 1250. The number of methoxy groups -OCH3 is 1. The summed E-state index contributed by atoms with van der Waals surface area (Å²) in [5.74, 6) is 0.529. The lowest BCUT2D eigenvalue weighted by Crippen LogP contribution is -2.48. The molecule has 8 heteroatoms. The molecule has 36 heavy (non-hydrogen) atoms. The number of rotatable bonds is 5. The number of hydrogen-bond acceptors (Lipinski definition) is 5. The molecule has 3 aromatic carbocycles. The molecule has 1 heterocycles. The Labute approximate surface area is 217 Å². The molecule has 0 atom stereocenters. The first-order valence-corrected chi connectivity index (χ1v) is 12.2. The van der Waals surface area contributed by atoms with E-state index in [9.17, 15) is 9.59 Å². The van der Waals surface area contributed by atoms with Crippen molar-refractivity contribution in [2.75, 3.05) is 43.5 Å². The maximum atomic E-state index is 12.8. The predicted octanol–water partition coefficient (Wildman–Crippen LogP) is 4.40. The highest BCUT2D eigenvalue weighted by molar-refractivity contribution is 7.80. The zero-order valence-electron chi connectivity index (χ0n) is 20.7. The van der Waals surface area contributed by atoms with Crippen molar-refractivity contribution in [2.24, 2.45) is 0 Å². The SMILES string of the molecule is COc1ccc(C(=O)N2CCN(c3ccc(NC(=S)NC(=O)c4ccc(C)c(C)c4)cc3)CC2)cc1. The normalized spacial score (nSPS) is 13.2. The molecular weight excluding hydrogens is 472 g/mol. The summed E-state index contributed by atoms with van der Waals surface area (Å²) in [6, 6.07) is 20.7. The number of benzene rings is 3. The summed E-state index contributed by atoms with van der Waals surface area (Å²) in [5.41, 5.74) is 5.29. The summed E-state index contributed by atoms with van der Waals surface area (Å²) in [5, 5.41) is 6.04. The second kappa shape index (κ2) is 11.2. The van der Waals surface area contributed by atoms with Gasteiger partial charge < -0.3 is 19.9 Å². The van der Waals surface area contributed by atoms with E-state index in [0.29, 0.717) is 24.2 Å². The summed E-state index contributed by atoms with van der Waals surface area (Å²) in [6.45, 7) is 6.79. The Hall–Kier alpha value is -3.91. The number of nitrogens with one attached hydrogen (secondary N) is 2. The molecule has 0 unspecified atom stereocenters. The quantitative estimate of drug-likeness (QED) is 0.504. The zero-order chi connectivity index (χ0) is 25.7. The topological polar surface area (TPSA) is 73.9 Å². The predicted molar refractivity (Wildman–Crippen MR) is 147 cm³/mol. The van der Waals surface area contributed by atoms with Gasteiger partial charge in [-0.05, 0) is 97.9 Å². The van der Waals surface area contributed by atoms with E-state index < -0.39 is 0 Å². The molecule has 0 aromatic heterocycles. The number of anilines is 2. The van der Waals surface area contributed by atoms with Crippen LogP contribution in [0.3, 0.4) is 0 Å². The van der Waals surface area contributed by atoms with Crippen LogP contribution in [0.4, 0.5) is 11.4 Å². The maximum absolute atomic E-state index is 12.8. The number of carbonyl (C=O) groups is 2. The van der Waals surface area contributed by atoms with Gasteiger partial charge in [-0.15, -0.1) is 0 Å². The molecule has 0 aliphatic carbocycles. The van der Waals surface area contributed by atoms with Crippen molar-refractivity contribution in [1.82, 2.24) is 10.2 Å². The van der Waals surface area contributed by atoms with Gasteiger partial charge in [0.2, 0.25) is 0 Å². The van der Waals surface area contributed by atoms with E-state index in [1.165, 1.54) is 0 Å². The van der Waals surface area contributed by atoms with Gasteiger partial charge in [0.25, 0.3) is 11.8 Å². The van der Waals surface area contributed by atoms with E-state index in [1.54, 1.807) is 37.4 Å². The van der Waals surface area contributed by atoms with Crippen LogP contribution in [0.1, 0.15) is 31.8 Å². The molecule has 0 spiro atoms. The van der Waals surface area contributed by atoms with Gasteiger partial charge >= 0.3 is 0 Å². The number of amides is 2. The molecule has 0 radical (unpaired) electrons. The molecule has 2 amide bonds. The van der Waals surface area contributed by atoms with Crippen LogP contribution < -0.4 is 20.3 Å². The molecule has 186 valence electrons. The fraction of sp³-hybridized carbons (Fsp3) is 0.250. The molecule has 1 saturated heterocycles. The van der Waals surface area contributed by atoms with Crippen molar-refractivity contribution in [2.45, 2.75) is 13.8 Å². The summed E-state index contributed by atoms with van der Waals surface area (Å²) < 4.78 is 5.17. The second-order valence-corrected chi connectivity index (χ2v) is 9.17. The molecule has 0 bridgehead atoms. The first-order valence-electron chi connectivity index (χ1n) is 11.8. The van der Waals surface area contributed by atoms with Crippen molar-refractivity contribution >= 4 is 40.5 Å². The molecule has 0 saturated carbocycles. The summed E-state index contributed by atoms with van der Waals surface area (Å²) >= 11 is 5.32. The van der Waals surface area contributed by atoms with Crippen molar-refractivity contribution in [3.63, 3.8) is 0 Å². The first-order chi connectivity index (χ1) is 17.3. The minimum atomic E-state index is -0.241. The van der Waals surface area contributed by atoms with Crippen molar-refractivity contribution in [3.05, 3.63) is 89.0 Å². The van der Waals surface area contributed by atoms with Gasteiger partial charge in [-0.3, -0.25) is 14.9 Å². The van der Waals surface area contributed by atoms with E-state index in [1.807, 2.05) is 55.1 Å². The highest BCUT2D eigenvalue weighted by Gasteiger charge is 2.22. The summed E-state index contributed by atoms with van der Waals surface area (Å²) in [6.07, 6.45) is 0. The monoisotopic (exact) mass is 502 g/mol. The minimum absolute atomic E-state index is 0.0354. The highest BCUT2D eigenvalue weighted by Crippen LogP contribution is 2.21. The Morgan fingerprint density at radius 1 is 0.833 bits per heavy atom. The van der Waals surface area contributed by atoms with Gasteiger partial charge in [-0.25, -0.2) is 0 Å². The third kappa shape index (κ3) is 6.01. The van der Waals surface area contributed by atoms with Crippen LogP contribution in [-0.2, 0) is 0 Å². The van der Waals surface area contributed by atoms with E-state index in [-0.39, 0.29) is 16.9 Å². The molecule has 2 N–H and O–H groups in total. The van der Waals surface area contributed by atoms with Crippen LogP contribution in [0.2, 0.25) is 0 Å². The fourth-order valence-electron chi connectivity index (χ4n) is 4.06. The largest absolute Gasteiger partial charge is 0.497 e. The maximum Gasteiger partial charge on any atom is 0.257 e. The van der Waals surface area contributed by atoms with Crippen LogP contribution in [-0.4, -0.2) is 55.1 Å². The number of carbonyl (C=O) groups excluding carboxylic acids is 2. The van der Waals surface area contributed by atoms with Crippen LogP contribution >= 0.6 is 12.2 Å². The van der Waals surface area contributed by atoms with Gasteiger partial charge in [0.1, 0.15) is 5.75 Å². The van der Waals surface area contributed by atoms with Gasteiger partial charge in [0.15, 0.2) is 5.11 Å². The first kappa shape index (κ1) is 25.2. The minimum Gasteiger partial charge on any atom is -0.497 e. The number of thiocarbonyl (C=S) groups is 1. The number of nitrogens with zero attached hydrogens (tertiary/aromatic N) is 2. The Balaban J connectivity index is 1.28. The molecule has 7 nitrogen and oxygen atoms in total. The summed E-state index contributed by atoms with van der Waals surface area (Å²) in [7, 11) is 1.61. The van der Waals surface area contributed by atoms with Gasteiger partial charge in [-0.2, -0.15) is 0 Å². The van der Waals surface area contributed by atoms with E-state index in [2.05, 4.69) is 15.5 Å². The Morgan fingerprint density at radius 2 is 1.47 bits per heavy atom. The molecule has 3 aromatic rings. The Kier molecular flexibility index (Phi) is 7.85. The van der Waals surface area contributed by atoms with Gasteiger partial charge in [0, 0.05) is 48.7 Å². The van der Waals surface area contributed by atoms with Crippen molar-refractivity contribution in [1.29, 1.82) is 0 Å². The second-order valence-electron chi connectivity index (χ2n) is 8.76. The number of aryl methyl sites for hydroxylation is 2. The lowest BCUT2D eigenvalue weighted by molar-refractivity contribution is 0.0746. The highest BCUT2D eigenvalue weighted by atomic mass is 32.1. The van der Waals surface area contributed by atoms with Gasteiger partial charge in [-0.1, -0.05) is 6.07 Å². The molecular formula is C28H30N4O3S. The molecule has 1 aliphatic rings. The van der Waals surface area contributed by atoms with Gasteiger partial charge in [0.05, 0.1) is 7.11 Å². The average Bonchev–Trinajstić information content (AvgIpc) is 2.90. The zero-order valence-corrected chi connectivity index (χ0v) is 21.5. The number of hydrogen-bond donors (Lipinski definition) is 2.